The molecule has 0 fully saturated rings. The Labute approximate surface area is 312 Å². The molecule has 2 aliphatic rings. The van der Waals surface area contributed by atoms with Gasteiger partial charge in [0, 0.05) is 27.8 Å². The molecule has 1 heteroatoms. The first-order valence-electron chi connectivity index (χ1n) is 18.6. The molecule has 0 saturated heterocycles. The predicted octanol–water partition coefficient (Wildman–Crippen LogP) is 13.5. The van der Waals surface area contributed by atoms with Gasteiger partial charge >= 0.3 is 0 Å². The summed E-state index contributed by atoms with van der Waals surface area (Å²) in [5, 5.41) is 0. The number of benzene rings is 8. The molecule has 0 spiro atoms. The maximum atomic E-state index is 2.48. The normalized spacial score (nSPS) is 17.8. The monoisotopic (exact) mass is 677 g/mol. The molecular formula is C52H39N. The van der Waals surface area contributed by atoms with Gasteiger partial charge in [-0.05, 0) is 105 Å². The first-order chi connectivity index (χ1) is 26.1. The van der Waals surface area contributed by atoms with Crippen molar-refractivity contribution in [2.75, 3.05) is 4.90 Å². The minimum Gasteiger partial charge on any atom is -0.310 e. The average molecular weight is 678 g/mol. The molecule has 252 valence electrons. The molecular weight excluding hydrogens is 639 g/mol. The van der Waals surface area contributed by atoms with Crippen LogP contribution in [0, 0.1) is 0 Å². The molecule has 1 nitrogen and oxygen atoms in total. The van der Waals surface area contributed by atoms with Gasteiger partial charge in [0.15, 0.2) is 0 Å². The van der Waals surface area contributed by atoms with Crippen LogP contribution in [0.2, 0.25) is 0 Å². The lowest BCUT2D eigenvalue weighted by molar-refractivity contribution is 0.713. The Bertz CT molecular complexity index is 2640. The average Bonchev–Trinajstić information content (AvgIpc) is 3.65. The highest BCUT2D eigenvalue weighted by atomic mass is 15.1. The van der Waals surface area contributed by atoms with Gasteiger partial charge in [0.1, 0.15) is 0 Å². The molecule has 2 unspecified atom stereocenters. The molecule has 0 N–H and O–H groups in total. The van der Waals surface area contributed by atoms with Crippen LogP contribution in [0.4, 0.5) is 17.1 Å². The summed E-state index contributed by atoms with van der Waals surface area (Å²) in [5.74, 6) is 0. The molecule has 10 rings (SSSR count). The molecule has 0 aromatic heterocycles. The third kappa shape index (κ3) is 4.64. The quantitative estimate of drug-likeness (QED) is 0.169. The second-order valence-electron chi connectivity index (χ2n) is 14.8. The van der Waals surface area contributed by atoms with Gasteiger partial charge in [-0.25, -0.2) is 0 Å². The van der Waals surface area contributed by atoms with E-state index in [1.807, 2.05) is 0 Å². The number of rotatable bonds is 6. The largest absolute Gasteiger partial charge is 0.310 e. The van der Waals surface area contributed by atoms with Crippen molar-refractivity contribution in [1.29, 1.82) is 0 Å². The number of hydrogen-bond acceptors (Lipinski definition) is 1. The molecule has 0 saturated carbocycles. The van der Waals surface area contributed by atoms with Crippen molar-refractivity contribution >= 4 is 17.1 Å². The van der Waals surface area contributed by atoms with E-state index in [-0.39, 0.29) is 10.8 Å². The number of hydrogen-bond donors (Lipinski definition) is 0. The van der Waals surface area contributed by atoms with E-state index in [1.165, 1.54) is 66.8 Å². The zero-order chi connectivity index (χ0) is 35.6. The van der Waals surface area contributed by atoms with Gasteiger partial charge < -0.3 is 4.90 Å². The standard InChI is InChI=1S/C52H39N/c1-51(37-20-8-4-9-21-37)47-28-16-13-26-43(47)45-34-39(31-33-48(45)51)53(50-29-17-14-24-41(50)36-18-6-3-7-19-36)40-30-32-44-42-25-12-15-27-46(42)52(2,49(44)35-40)38-22-10-5-11-23-38/h3-35H,1-2H3. The highest BCUT2D eigenvalue weighted by molar-refractivity contribution is 5.93. The fourth-order valence-corrected chi connectivity index (χ4v) is 9.37. The van der Waals surface area contributed by atoms with Crippen molar-refractivity contribution in [2.45, 2.75) is 24.7 Å². The number of fused-ring (bicyclic) bond motifs is 6. The molecule has 8 aromatic carbocycles. The second-order valence-corrected chi connectivity index (χ2v) is 14.8. The van der Waals surface area contributed by atoms with Crippen LogP contribution in [0.5, 0.6) is 0 Å². The SMILES string of the molecule is CC1(c2ccccc2)c2ccccc2-c2cc(N(c3ccc4c(c3)C(C)(c3ccccc3)c3ccccc3-4)c3ccccc3-c3ccccc3)ccc21. The van der Waals surface area contributed by atoms with E-state index in [2.05, 4.69) is 219 Å². The van der Waals surface area contributed by atoms with Crippen LogP contribution in [0.15, 0.2) is 200 Å². The molecule has 0 amide bonds. The van der Waals surface area contributed by atoms with Crippen molar-refractivity contribution in [3.63, 3.8) is 0 Å². The number of anilines is 3. The molecule has 53 heavy (non-hydrogen) atoms. The first kappa shape index (κ1) is 31.3. The third-order valence-electron chi connectivity index (χ3n) is 12.0. The van der Waals surface area contributed by atoms with E-state index in [1.54, 1.807) is 0 Å². The Morgan fingerprint density at radius 2 is 0.755 bits per heavy atom. The van der Waals surface area contributed by atoms with Crippen LogP contribution in [-0.4, -0.2) is 0 Å². The van der Waals surface area contributed by atoms with Crippen molar-refractivity contribution in [3.8, 4) is 33.4 Å². The lowest BCUT2D eigenvalue weighted by Gasteiger charge is -2.32. The minimum absolute atomic E-state index is 0.255. The number of para-hydroxylation sites is 1. The van der Waals surface area contributed by atoms with Gasteiger partial charge in [-0.1, -0.05) is 170 Å². The summed E-state index contributed by atoms with van der Waals surface area (Å²) in [6.07, 6.45) is 0. The number of nitrogens with zero attached hydrogens (tertiary/aromatic N) is 1. The Morgan fingerprint density at radius 3 is 1.40 bits per heavy atom. The van der Waals surface area contributed by atoms with Crippen molar-refractivity contribution in [1.82, 2.24) is 0 Å². The summed E-state index contributed by atoms with van der Waals surface area (Å²) < 4.78 is 0. The highest BCUT2D eigenvalue weighted by Gasteiger charge is 2.42. The molecule has 2 atom stereocenters. The fraction of sp³-hybridized carbons (Fsp3) is 0.0769. The van der Waals surface area contributed by atoms with Crippen molar-refractivity contribution in [3.05, 3.63) is 234 Å². The van der Waals surface area contributed by atoms with Crippen LogP contribution in [-0.2, 0) is 10.8 Å². The minimum atomic E-state index is -0.303. The lowest BCUT2D eigenvalue weighted by atomic mass is 9.74. The molecule has 0 bridgehead atoms. The lowest BCUT2D eigenvalue weighted by Crippen LogP contribution is -2.23. The highest BCUT2D eigenvalue weighted by Crippen LogP contribution is 2.56. The fourth-order valence-electron chi connectivity index (χ4n) is 9.37. The zero-order valence-electron chi connectivity index (χ0n) is 30.0. The molecule has 8 aromatic rings. The Morgan fingerprint density at radius 1 is 0.321 bits per heavy atom. The van der Waals surface area contributed by atoms with Crippen molar-refractivity contribution in [2.24, 2.45) is 0 Å². The smallest absolute Gasteiger partial charge is 0.0540 e. The summed E-state index contributed by atoms with van der Waals surface area (Å²) in [5.41, 5.74) is 18.4. The van der Waals surface area contributed by atoms with Crippen LogP contribution in [0.1, 0.15) is 47.2 Å². The summed E-state index contributed by atoms with van der Waals surface area (Å²) in [4.78, 5) is 2.48. The van der Waals surface area contributed by atoms with E-state index >= 15 is 0 Å². The van der Waals surface area contributed by atoms with Gasteiger partial charge in [0.2, 0.25) is 0 Å². The van der Waals surface area contributed by atoms with E-state index in [9.17, 15) is 0 Å². The third-order valence-corrected chi connectivity index (χ3v) is 12.0. The van der Waals surface area contributed by atoms with Gasteiger partial charge in [-0.2, -0.15) is 0 Å². The maximum absolute atomic E-state index is 2.48. The molecule has 0 radical (unpaired) electrons. The van der Waals surface area contributed by atoms with Gasteiger partial charge in [0.25, 0.3) is 0 Å². The Kier molecular flexibility index (Phi) is 7.13. The van der Waals surface area contributed by atoms with E-state index in [0.717, 1.165) is 17.1 Å². The summed E-state index contributed by atoms with van der Waals surface area (Å²) in [6.45, 7) is 4.79. The van der Waals surface area contributed by atoms with Crippen LogP contribution in [0.3, 0.4) is 0 Å². The molecule has 0 heterocycles. The van der Waals surface area contributed by atoms with Crippen LogP contribution < -0.4 is 4.90 Å². The second kappa shape index (κ2) is 12.1. The Hall–Kier alpha value is -6.44. The maximum Gasteiger partial charge on any atom is 0.0540 e. The van der Waals surface area contributed by atoms with Gasteiger partial charge in [-0.15, -0.1) is 0 Å². The van der Waals surface area contributed by atoms with Crippen LogP contribution in [0.25, 0.3) is 33.4 Å². The molecule has 0 aliphatic heterocycles. The van der Waals surface area contributed by atoms with E-state index in [0.29, 0.717) is 0 Å². The zero-order valence-corrected chi connectivity index (χ0v) is 30.0. The Balaban J connectivity index is 1.22. The topological polar surface area (TPSA) is 3.24 Å². The van der Waals surface area contributed by atoms with Crippen LogP contribution >= 0.6 is 0 Å². The van der Waals surface area contributed by atoms with E-state index in [4.69, 9.17) is 0 Å². The summed E-state index contributed by atoms with van der Waals surface area (Å²) >= 11 is 0. The molecule has 2 aliphatic carbocycles. The first-order valence-corrected chi connectivity index (χ1v) is 18.6. The summed E-state index contributed by atoms with van der Waals surface area (Å²) in [6, 6.07) is 73.8. The van der Waals surface area contributed by atoms with Gasteiger partial charge in [-0.3, -0.25) is 0 Å². The summed E-state index contributed by atoms with van der Waals surface area (Å²) in [7, 11) is 0. The van der Waals surface area contributed by atoms with E-state index < -0.39 is 0 Å². The van der Waals surface area contributed by atoms with Gasteiger partial charge in [0.05, 0.1) is 5.69 Å². The van der Waals surface area contributed by atoms with Crippen molar-refractivity contribution < 1.29 is 0 Å². The predicted molar refractivity (Wildman–Crippen MR) is 221 cm³/mol.